The van der Waals surface area contributed by atoms with E-state index >= 15 is 0 Å². The molecule has 3 aliphatic heterocycles. The van der Waals surface area contributed by atoms with E-state index in [9.17, 15) is 81.5 Å². The molecular weight excluding hydrogens is 1580 g/mol. The van der Waals surface area contributed by atoms with Crippen LogP contribution >= 0.6 is 0 Å². The SMILES string of the molecule is COc1ccc(S(=O)(=O)CCOS(=O)(=O)O)cc1NC(=O)NCNS(=O)(=O)c1ccc2c(c1)C1=NC2=Nc2[nH]c(c3ccc(S(=O)(=O)O)cc23)N=C2NC(N=c3[nH]c(c4ccc(S(=O)(=O)NCNC(=O)Nc5cc(S(=O)(=O)CCOS(=O)(=O)O)ccc5OC)cc34)=N1)c1ccc(S(N)(=O)=O)cc12.[Cu]. The molecule has 1 unspecified atom stereocenters. The first-order valence-corrected chi connectivity index (χ1v) is 40.4. The molecule has 40 nitrogen and oxygen atoms in total. The summed E-state index contributed by atoms with van der Waals surface area (Å²) in [5.74, 6) is -2.73. The number of methoxy groups -OCH3 is 2. The van der Waals surface area contributed by atoms with Gasteiger partial charge in [-0.15, -0.1) is 0 Å². The van der Waals surface area contributed by atoms with E-state index in [0.717, 1.165) is 72.8 Å². The van der Waals surface area contributed by atoms with Crippen molar-refractivity contribution in [1.29, 1.82) is 0 Å². The molecule has 49 heteroatoms. The van der Waals surface area contributed by atoms with Gasteiger partial charge in [-0.2, -0.15) is 34.7 Å². The van der Waals surface area contributed by atoms with Gasteiger partial charge in [-0.05, 0) is 103 Å². The quantitative estimate of drug-likeness (QED) is 0.0220. The Morgan fingerprint density at radius 2 is 0.981 bits per heavy atom. The molecule has 11 rings (SSSR count). The van der Waals surface area contributed by atoms with E-state index in [4.69, 9.17) is 48.7 Å². The van der Waals surface area contributed by atoms with Crippen LogP contribution in [0, 0.1) is 0 Å². The number of hydrogen-bond acceptors (Lipinski definition) is 28. The maximum absolute atomic E-state index is 14.2. The van der Waals surface area contributed by atoms with Crippen LogP contribution in [0.1, 0.15) is 28.4 Å². The molecule has 1 radical (unpaired) electrons. The molecular formula is C54H51CuN15O25S8. The molecule has 0 spiro atoms. The number of fused-ring (bicyclic) bond motifs is 19. The van der Waals surface area contributed by atoms with Crippen LogP contribution in [0.2, 0.25) is 0 Å². The monoisotopic (exact) mass is 1630 g/mol. The second-order valence-corrected chi connectivity index (χ2v) is 34.3. The smallest absolute Gasteiger partial charge is 0.397 e. The number of sulfone groups is 2. The normalized spacial score (nSPS) is 14.7. The number of urea groups is 2. The number of H-pyrrole nitrogens is 2. The number of nitrogens with zero attached hydrogens (tertiary/aromatic N) is 5. The zero-order valence-electron chi connectivity index (χ0n) is 51.9. The molecule has 0 aliphatic carbocycles. The number of amides is 4. The molecule has 14 N–H and O–H groups in total. The van der Waals surface area contributed by atoms with Crippen LogP contribution in [0.5, 0.6) is 11.5 Å². The number of rotatable bonds is 24. The summed E-state index contributed by atoms with van der Waals surface area (Å²) >= 11 is 0. The summed E-state index contributed by atoms with van der Waals surface area (Å²) in [7, 11) is -34.8. The van der Waals surface area contributed by atoms with Crippen LogP contribution in [0.4, 0.5) is 32.6 Å². The van der Waals surface area contributed by atoms with Crippen molar-refractivity contribution in [2.75, 3.05) is 62.9 Å². The molecule has 6 aromatic carbocycles. The fraction of sp³-hybridized carbons (Fsp3) is 0.167. The summed E-state index contributed by atoms with van der Waals surface area (Å²) in [4.78, 5) is 53.7. The number of carbonyl (C=O) groups excluding carboxylic acids is 2. The number of anilines is 2. The van der Waals surface area contributed by atoms with Gasteiger partial charge in [0.25, 0.3) is 10.1 Å². The number of ether oxygens (including phenoxy) is 2. The first kappa shape index (κ1) is 76.4. The summed E-state index contributed by atoms with van der Waals surface area (Å²) in [6.45, 7) is -3.56. The van der Waals surface area contributed by atoms with Crippen molar-refractivity contribution in [3.05, 3.63) is 142 Å². The minimum atomic E-state index is -4.98. The molecule has 2 aromatic heterocycles. The molecule has 8 bridgehead atoms. The van der Waals surface area contributed by atoms with Crippen molar-refractivity contribution in [3.8, 4) is 11.5 Å². The summed E-state index contributed by atoms with van der Waals surface area (Å²) in [5, 5.41) is 18.2. The Labute approximate surface area is 593 Å². The average Bonchev–Trinajstić information content (AvgIpc) is 1.60. The van der Waals surface area contributed by atoms with E-state index in [0.29, 0.717) is 0 Å². The largest absolute Gasteiger partial charge is 0.495 e. The van der Waals surface area contributed by atoms with Crippen LogP contribution in [0.15, 0.2) is 164 Å². The predicted molar refractivity (Wildman–Crippen MR) is 358 cm³/mol. The van der Waals surface area contributed by atoms with Crippen molar-refractivity contribution in [3.63, 3.8) is 0 Å². The maximum atomic E-state index is 14.2. The topological polar surface area (TPSA) is 608 Å². The average molecular weight is 1630 g/mol. The first-order chi connectivity index (χ1) is 47.7. The van der Waals surface area contributed by atoms with Gasteiger partial charge >= 0.3 is 32.9 Å². The predicted octanol–water partition coefficient (Wildman–Crippen LogP) is 0.331. The van der Waals surface area contributed by atoms with Gasteiger partial charge in [-0.3, -0.25) is 13.7 Å². The van der Waals surface area contributed by atoms with Gasteiger partial charge in [0.05, 0.1) is 93.0 Å². The third kappa shape index (κ3) is 17.2. The van der Waals surface area contributed by atoms with Crippen molar-refractivity contribution >= 4 is 155 Å². The zero-order chi connectivity index (χ0) is 73.9. The van der Waals surface area contributed by atoms with Crippen LogP contribution in [-0.4, -0.2) is 173 Å². The van der Waals surface area contributed by atoms with E-state index < -0.39 is 161 Å². The van der Waals surface area contributed by atoms with Gasteiger partial charge in [0.2, 0.25) is 30.1 Å². The van der Waals surface area contributed by atoms with E-state index in [2.05, 4.69) is 54.4 Å². The zero-order valence-corrected chi connectivity index (χ0v) is 59.4. The Hall–Kier alpha value is -9.25. The minimum absolute atomic E-state index is 0. The van der Waals surface area contributed by atoms with Gasteiger partial charge in [0.1, 0.15) is 46.1 Å². The Bertz CT molecular complexity index is 6120. The van der Waals surface area contributed by atoms with Crippen molar-refractivity contribution < 1.29 is 125 Å². The van der Waals surface area contributed by atoms with Crippen LogP contribution < -0.4 is 61.6 Å². The number of sulfonamides is 3. The van der Waals surface area contributed by atoms with Gasteiger partial charge in [-0.25, -0.2) is 90.1 Å². The summed E-state index contributed by atoms with van der Waals surface area (Å²) in [5.41, 5.74) is -0.305. The van der Waals surface area contributed by atoms with Gasteiger partial charge in [0, 0.05) is 60.9 Å². The molecule has 0 fully saturated rings. The number of benzene rings is 6. The van der Waals surface area contributed by atoms with E-state index in [-0.39, 0.29) is 129 Å². The molecule has 8 aromatic rings. The third-order valence-corrected chi connectivity index (χ3v) is 23.8. The van der Waals surface area contributed by atoms with Gasteiger partial charge in [0.15, 0.2) is 31.3 Å². The molecule has 3 aliphatic rings. The molecule has 103 heavy (non-hydrogen) atoms. The van der Waals surface area contributed by atoms with Crippen LogP contribution in [0.25, 0.3) is 21.5 Å². The Morgan fingerprint density at radius 1 is 0.495 bits per heavy atom. The number of hydrogen-bond donors (Lipinski definition) is 13. The van der Waals surface area contributed by atoms with Crippen molar-refractivity contribution in [2.45, 2.75) is 35.5 Å². The molecule has 551 valence electrons. The fourth-order valence-corrected chi connectivity index (χ4v) is 16.2. The minimum Gasteiger partial charge on any atom is -0.495 e. The van der Waals surface area contributed by atoms with E-state index in [1.807, 2.05) is 0 Å². The third-order valence-electron chi connectivity index (χ3n) is 14.9. The number of primary sulfonamides is 1. The second kappa shape index (κ2) is 28.8. The summed E-state index contributed by atoms with van der Waals surface area (Å²) in [6, 6.07) is 18.5. The molecule has 4 amide bonds. The number of nitrogens with two attached hydrogens (primary N) is 1. The number of aromatic amines is 2. The molecule has 5 heterocycles. The Kier molecular flexibility index (Phi) is 21.3. The number of nitrogens with one attached hydrogen (secondary N) is 9. The number of aliphatic imine (C=N–C) groups is 3. The summed E-state index contributed by atoms with van der Waals surface area (Å²) < 4.78 is 254. The van der Waals surface area contributed by atoms with Gasteiger partial charge in [-0.1, -0.05) is 6.07 Å². The number of carbonyl (C=O) groups is 2. The standard InChI is InChI=1S/C54H51N15O25S8.Cu/c1-91-43-13-7-27(95(72,73)17-15-93-101(85,86)87)23-41(43)60-53(70)56-25-58-98(78,79)30-4-10-34-38(20-30)50-64-45-33-9-3-29(97(55,76)77)19-37(33)49(62-45)63-48-36-12-6-32(100(82,83)84)22-40(36)52(69-48)68-47-35-11-5-31(21-39(35)51(67-47)66-46(34)65-50)99(80,81)59-26-57-54(71)61-42-24-28(8-14-44(42)92-2)96(74,75)18-16-94-102(88,89)90;/h3-14,19-24,45,58-59,69H,15-18,25-26H2,1-2H3,(H,62,63)(H2,55,76,77)(H2,56,60,70)(H2,57,61,71)(H,82,83,84)(H,85,86,87)(H,88,89,90)(H,64,65,66,67,68);. The van der Waals surface area contributed by atoms with Crippen LogP contribution in [0.3, 0.4) is 0 Å². The number of aromatic nitrogens is 2. The fourth-order valence-electron chi connectivity index (χ4n) is 10.2. The second-order valence-electron chi connectivity index (χ2n) is 21.4. The Morgan fingerprint density at radius 3 is 1.52 bits per heavy atom. The van der Waals surface area contributed by atoms with E-state index in [1.165, 1.54) is 50.6 Å². The molecule has 0 saturated carbocycles. The van der Waals surface area contributed by atoms with Crippen molar-refractivity contribution in [1.82, 2.24) is 35.4 Å². The molecule has 1 atom stereocenters. The Balaban J connectivity index is 0.0000114. The number of amidine groups is 3. The summed E-state index contributed by atoms with van der Waals surface area (Å²) in [6.07, 6.45) is -1.23. The van der Waals surface area contributed by atoms with Gasteiger partial charge < -0.3 is 46.0 Å². The molecule has 0 saturated heterocycles. The van der Waals surface area contributed by atoms with Crippen molar-refractivity contribution in [2.24, 2.45) is 30.1 Å². The van der Waals surface area contributed by atoms with E-state index in [1.54, 1.807) is 0 Å². The maximum Gasteiger partial charge on any atom is 0.397 e. The first-order valence-electron chi connectivity index (χ1n) is 28.4. The van der Waals surface area contributed by atoms with Crippen LogP contribution in [-0.2, 0) is 106 Å².